The van der Waals surface area contributed by atoms with Gasteiger partial charge in [-0.2, -0.15) is 5.10 Å². The van der Waals surface area contributed by atoms with Crippen molar-refractivity contribution in [1.82, 2.24) is 9.78 Å². The molecule has 9 nitrogen and oxygen atoms in total. The van der Waals surface area contributed by atoms with Crippen molar-refractivity contribution in [3.8, 4) is 11.5 Å². The smallest absolute Gasteiger partial charge is 0.264 e. The number of nitrogens with one attached hydrogen (secondary N) is 1. The third kappa shape index (κ3) is 5.54. The van der Waals surface area contributed by atoms with Gasteiger partial charge in [-0.05, 0) is 55.5 Å². The number of hydrogen-bond acceptors (Lipinski definition) is 6. The summed E-state index contributed by atoms with van der Waals surface area (Å²) in [5.74, 6) is 1.13. The second-order valence-corrected chi connectivity index (χ2v) is 8.55. The number of ether oxygens (including phenoxy) is 2. The molecule has 1 N–H and O–H groups in total. The van der Waals surface area contributed by atoms with E-state index < -0.39 is 10.0 Å². The quantitative estimate of drug-likeness (QED) is 0.544. The molecule has 2 aromatic carbocycles. The summed E-state index contributed by atoms with van der Waals surface area (Å²) in [6, 6.07) is 14.4. The number of rotatable bonds is 9. The van der Waals surface area contributed by atoms with Crippen LogP contribution in [0.2, 0.25) is 0 Å². The van der Waals surface area contributed by atoms with Gasteiger partial charge < -0.3 is 14.8 Å². The van der Waals surface area contributed by atoms with Crippen LogP contribution in [0.1, 0.15) is 6.92 Å². The number of benzene rings is 2. The molecule has 164 valence electrons. The first-order valence-corrected chi connectivity index (χ1v) is 11.0. The van der Waals surface area contributed by atoms with Crippen molar-refractivity contribution in [2.45, 2.75) is 11.8 Å². The van der Waals surface area contributed by atoms with Crippen LogP contribution in [0.5, 0.6) is 11.5 Å². The number of aromatic nitrogens is 2. The molecule has 0 aliphatic rings. The highest BCUT2D eigenvalue weighted by molar-refractivity contribution is 7.92. The number of nitrogens with zero attached hydrogens (tertiary/aromatic N) is 3. The molecule has 1 amide bonds. The first-order valence-electron chi connectivity index (χ1n) is 9.53. The number of aryl methyl sites for hydroxylation is 1. The average Bonchev–Trinajstić information content (AvgIpc) is 3.17. The van der Waals surface area contributed by atoms with Crippen LogP contribution >= 0.6 is 0 Å². The SMILES string of the molecule is CCOc1ccc(S(=O)(=O)N(C)c2ccc(OCC(=O)Nc3ccn(C)n3)cc2)cc1. The summed E-state index contributed by atoms with van der Waals surface area (Å²) in [7, 11) is -0.506. The zero-order chi connectivity index (χ0) is 22.4. The second-order valence-electron chi connectivity index (χ2n) is 6.58. The lowest BCUT2D eigenvalue weighted by molar-refractivity contribution is -0.118. The van der Waals surface area contributed by atoms with Gasteiger partial charge in [-0.25, -0.2) is 8.42 Å². The summed E-state index contributed by atoms with van der Waals surface area (Å²) in [4.78, 5) is 12.1. The highest BCUT2D eigenvalue weighted by Gasteiger charge is 2.21. The molecule has 0 radical (unpaired) electrons. The molecule has 0 saturated carbocycles. The van der Waals surface area contributed by atoms with Crippen LogP contribution in [0.3, 0.4) is 0 Å². The van der Waals surface area contributed by atoms with E-state index in [-0.39, 0.29) is 17.4 Å². The minimum Gasteiger partial charge on any atom is -0.494 e. The molecular formula is C21H24N4O5S. The second kappa shape index (κ2) is 9.52. The van der Waals surface area contributed by atoms with E-state index in [4.69, 9.17) is 9.47 Å². The number of sulfonamides is 1. The highest BCUT2D eigenvalue weighted by atomic mass is 32.2. The summed E-state index contributed by atoms with van der Waals surface area (Å²) in [5, 5.41) is 6.68. The van der Waals surface area contributed by atoms with Gasteiger partial charge in [0.15, 0.2) is 12.4 Å². The molecule has 0 aliphatic heterocycles. The third-order valence-corrected chi connectivity index (χ3v) is 6.14. The standard InChI is InChI=1S/C21H24N4O5S/c1-4-29-17-9-11-19(12-10-17)31(27,28)25(3)16-5-7-18(8-6-16)30-15-21(26)22-20-13-14-24(2)23-20/h5-14H,4,15H2,1-3H3,(H,22,23,26). The van der Waals surface area contributed by atoms with Crippen LogP contribution in [0.4, 0.5) is 11.5 Å². The summed E-state index contributed by atoms with van der Waals surface area (Å²) in [5.41, 5.74) is 0.458. The Bertz CT molecular complexity index is 1130. The van der Waals surface area contributed by atoms with E-state index in [0.29, 0.717) is 29.6 Å². The Morgan fingerprint density at radius 2 is 1.65 bits per heavy atom. The van der Waals surface area contributed by atoms with Crippen molar-refractivity contribution in [3.05, 3.63) is 60.8 Å². The summed E-state index contributed by atoms with van der Waals surface area (Å²) in [6.45, 7) is 2.17. The van der Waals surface area contributed by atoms with E-state index >= 15 is 0 Å². The summed E-state index contributed by atoms with van der Waals surface area (Å²) >= 11 is 0. The van der Waals surface area contributed by atoms with Crippen molar-refractivity contribution in [2.24, 2.45) is 7.05 Å². The van der Waals surface area contributed by atoms with E-state index in [1.165, 1.54) is 23.5 Å². The van der Waals surface area contributed by atoms with Crippen LogP contribution in [-0.4, -0.2) is 44.4 Å². The van der Waals surface area contributed by atoms with Gasteiger partial charge in [0.05, 0.1) is 17.2 Å². The van der Waals surface area contributed by atoms with Crippen molar-refractivity contribution in [2.75, 3.05) is 29.9 Å². The zero-order valence-corrected chi connectivity index (χ0v) is 18.3. The minimum atomic E-state index is -3.73. The normalized spacial score (nSPS) is 11.1. The monoisotopic (exact) mass is 444 g/mol. The zero-order valence-electron chi connectivity index (χ0n) is 17.5. The van der Waals surface area contributed by atoms with Gasteiger partial charge in [-0.3, -0.25) is 13.8 Å². The highest BCUT2D eigenvalue weighted by Crippen LogP contribution is 2.25. The minimum absolute atomic E-state index is 0.157. The Hall–Kier alpha value is -3.53. The Morgan fingerprint density at radius 3 is 2.23 bits per heavy atom. The van der Waals surface area contributed by atoms with E-state index in [1.807, 2.05) is 6.92 Å². The molecule has 3 aromatic rings. The summed E-state index contributed by atoms with van der Waals surface area (Å²) < 4.78 is 39.3. The molecular weight excluding hydrogens is 420 g/mol. The van der Waals surface area contributed by atoms with Crippen molar-refractivity contribution < 1.29 is 22.7 Å². The Kier molecular flexibility index (Phi) is 6.81. The molecule has 10 heteroatoms. The van der Waals surface area contributed by atoms with Crippen LogP contribution in [-0.2, 0) is 21.9 Å². The van der Waals surface area contributed by atoms with Gasteiger partial charge in [-0.15, -0.1) is 0 Å². The lowest BCUT2D eigenvalue weighted by Gasteiger charge is -2.20. The molecule has 0 saturated heterocycles. The maximum Gasteiger partial charge on any atom is 0.264 e. The fraction of sp³-hybridized carbons (Fsp3) is 0.238. The molecule has 0 atom stereocenters. The molecule has 1 heterocycles. The number of hydrogen-bond donors (Lipinski definition) is 1. The van der Waals surface area contributed by atoms with Gasteiger partial charge in [0, 0.05) is 26.4 Å². The largest absolute Gasteiger partial charge is 0.494 e. The predicted molar refractivity (Wildman–Crippen MR) is 117 cm³/mol. The lowest BCUT2D eigenvalue weighted by atomic mass is 10.3. The fourth-order valence-electron chi connectivity index (χ4n) is 2.73. The Labute approximate surface area is 181 Å². The molecule has 1 aromatic heterocycles. The molecule has 0 spiro atoms. The van der Waals surface area contributed by atoms with Crippen LogP contribution in [0.25, 0.3) is 0 Å². The van der Waals surface area contributed by atoms with Crippen LogP contribution in [0, 0.1) is 0 Å². The number of carbonyl (C=O) groups is 1. The van der Waals surface area contributed by atoms with Crippen molar-refractivity contribution >= 4 is 27.4 Å². The predicted octanol–water partition coefficient (Wildman–Crippen LogP) is 2.66. The molecule has 0 fully saturated rings. The Morgan fingerprint density at radius 1 is 1.03 bits per heavy atom. The first kappa shape index (κ1) is 22.2. The van der Waals surface area contributed by atoms with Gasteiger partial charge in [0.2, 0.25) is 0 Å². The number of amides is 1. The topological polar surface area (TPSA) is 103 Å². The number of carbonyl (C=O) groups excluding carboxylic acids is 1. The third-order valence-electron chi connectivity index (χ3n) is 4.34. The lowest BCUT2D eigenvalue weighted by Crippen LogP contribution is -2.26. The maximum absolute atomic E-state index is 12.9. The van der Waals surface area contributed by atoms with E-state index in [1.54, 1.807) is 60.4 Å². The molecule has 0 aliphatic carbocycles. The molecule has 31 heavy (non-hydrogen) atoms. The van der Waals surface area contributed by atoms with Crippen molar-refractivity contribution in [1.29, 1.82) is 0 Å². The van der Waals surface area contributed by atoms with Gasteiger partial charge in [0.1, 0.15) is 11.5 Å². The number of anilines is 2. The van der Waals surface area contributed by atoms with Gasteiger partial charge in [-0.1, -0.05) is 0 Å². The molecule has 3 rings (SSSR count). The van der Waals surface area contributed by atoms with Gasteiger partial charge >= 0.3 is 0 Å². The van der Waals surface area contributed by atoms with Crippen molar-refractivity contribution in [3.63, 3.8) is 0 Å². The molecule has 0 unspecified atom stereocenters. The van der Waals surface area contributed by atoms with E-state index in [9.17, 15) is 13.2 Å². The Balaban J connectivity index is 1.61. The molecule has 0 bridgehead atoms. The van der Waals surface area contributed by atoms with E-state index in [0.717, 1.165) is 0 Å². The average molecular weight is 445 g/mol. The van der Waals surface area contributed by atoms with E-state index in [2.05, 4.69) is 10.4 Å². The van der Waals surface area contributed by atoms with Crippen LogP contribution < -0.4 is 19.1 Å². The first-order chi connectivity index (χ1) is 14.8. The fourth-order valence-corrected chi connectivity index (χ4v) is 3.93. The van der Waals surface area contributed by atoms with Gasteiger partial charge in [0.25, 0.3) is 15.9 Å². The maximum atomic E-state index is 12.9. The summed E-state index contributed by atoms with van der Waals surface area (Å²) in [6.07, 6.45) is 1.72. The van der Waals surface area contributed by atoms with Crippen LogP contribution in [0.15, 0.2) is 65.7 Å².